The third kappa shape index (κ3) is 25.1. The van der Waals surface area contributed by atoms with Crippen LogP contribution in [0.15, 0.2) is 155 Å². The van der Waals surface area contributed by atoms with Crippen LogP contribution < -0.4 is 10.3 Å². The van der Waals surface area contributed by atoms with Crippen molar-refractivity contribution in [2.24, 2.45) is 33.9 Å². The van der Waals surface area contributed by atoms with Gasteiger partial charge in [0.2, 0.25) is 20.0 Å². The molecular weight excluding hydrogens is 1650 g/mol. The number of primary sulfonamides is 2. The number of benzene rings is 5. The van der Waals surface area contributed by atoms with Gasteiger partial charge in [0.05, 0.1) is 35.8 Å². The third-order valence-electron chi connectivity index (χ3n) is 13.0. The molecule has 0 spiro atoms. The fraction of sp³-hybridized carbons (Fsp3) is 0.322. The van der Waals surface area contributed by atoms with Crippen LogP contribution in [-0.4, -0.2) is 97.2 Å². The summed E-state index contributed by atoms with van der Waals surface area (Å²) < 4.78 is 60.5. The van der Waals surface area contributed by atoms with E-state index in [1.54, 1.807) is 6.08 Å². The van der Waals surface area contributed by atoms with Gasteiger partial charge in [-0.15, -0.1) is 23.2 Å². The van der Waals surface area contributed by atoms with Crippen LogP contribution in [0.3, 0.4) is 0 Å². The van der Waals surface area contributed by atoms with E-state index in [2.05, 4.69) is 9.47 Å². The number of carboxylic acid groups (broad SMARTS) is 1. The third-order valence-corrected chi connectivity index (χ3v) is 18.7. The molecule has 0 saturated heterocycles. The normalized spacial score (nSPS) is 21.6. The minimum atomic E-state index is -3.77. The number of sulfonamides is 2. The Morgan fingerprint density at radius 1 is 0.500 bits per heavy atom. The first-order chi connectivity index (χ1) is 37.5. The van der Waals surface area contributed by atoms with E-state index >= 15 is 0 Å². The molecule has 0 aromatic heterocycles. The molecule has 0 bridgehead atoms. The zero-order valence-corrected chi connectivity index (χ0v) is 68.3. The standard InChI is InChI=1S/C14H18Cl2O2.C11H11Cl2NO4S.C11H10Cl2O2.C10H9Cl2NO4S.C9H8O.4CH3.4Y/c1-3-17-13(18-4-2)12-11(14(12,15)16)10-8-6-5-7-9-10;1-18-10(15)9-8(11(9,12)13)6-2-4-7(5-3-6)19(14,16)17;1-15-10(14)9-8(11(9,12)13)7-5-3-2-4-6-7;11-10(12)7(8(10)9(14)15)5-1-3-6(4-2-5)18(13,16)17;10-8-4-7-9-5-2-1-3-6-9;;;;;;;;/h5-9,11-13H,3-4H2,1-2H3;2-5,8-9H,1H3,(H2,14,16,17);2-6,8-9H,1H3;1-4,7-8H,(H,14,15)(H2,13,16,17);1-8H;4*1H3;;;;/q;;;;;4*-1;;;;/b;;;;7-4+;;;;;;;;. The minimum Gasteiger partial charge on any atom is -0.481 e. The van der Waals surface area contributed by atoms with E-state index in [1.165, 1.54) is 68.8 Å². The second-order valence-corrected chi connectivity index (χ2v) is 27.1. The molecule has 476 valence electrons. The number of rotatable bonds is 16. The molecule has 88 heavy (non-hydrogen) atoms. The van der Waals surface area contributed by atoms with Crippen LogP contribution in [0.1, 0.15) is 65.3 Å². The van der Waals surface area contributed by atoms with Gasteiger partial charge in [-0.1, -0.05) is 191 Å². The van der Waals surface area contributed by atoms with Crippen molar-refractivity contribution in [2.75, 3.05) is 27.4 Å². The summed E-state index contributed by atoms with van der Waals surface area (Å²) in [6, 6.07) is 40.6. The van der Waals surface area contributed by atoms with E-state index in [0.29, 0.717) is 24.3 Å². The molecule has 0 amide bonds. The van der Waals surface area contributed by atoms with Gasteiger partial charge in [0.15, 0.2) is 6.29 Å². The zero-order chi connectivity index (χ0) is 59.6. The second-order valence-electron chi connectivity index (χ2n) is 18.2. The number of halogens is 8. The molecule has 4 fully saturated rings. The largest absolute Gasteiger partial charge is 0.481 e. The number of aliphatic carboxylic acids is 1. The number of ether oxygens (including phenoxy) is 4. The van der Waals surface area contributed by atoms with Crippen molar-refractivity contribution < 1.29 is 191 Å². The van der Waals surface area contributed by atoms with E-state index in [9.17, 15) is 36.0 Å². The molecule has 9 rings (SSSR count). The van der Waals surface area contributed by atoms with Gasteiger partial charge >= 0.3 is 17.9 Å². The molecule has 4 aliphatic carbocycles. The van der Waals surface area contributed by atoms with Crippen LogP contribution in [-0.2, 0) is 189 Å². The van der Waals surface area contributed by atoms with E-state index in [0.717, 1.165) is 23.0 Å². The summed E-state index contributed by atoms with van der Waals surface area (Å²) in [4.78, 5) is 43.6. The van der Waals surface area contributed by atoms with Crippen molar-refractivity contribution >= 4 is 143 Å². The second kappa shape index (κ2) is 41.5. The Labute approximate surface area is 660 Å². The zero-order valence-electron chi connectivity index (χ0n) is 49.3. The Morgan fingerprint density at radius 2 is 0.795 bits per heavy atom. The molecule has 4 aliphatic rings. The number of hydrogen-bond acceptors (Lipinski definition) is 12. The Balaban J connectivity index is -0.000000496. The molecular formula is C59H68Cl8N2O13S2Y4-4. The number of esters is 2. The monoisotopic (exact) mass is 1710 g/mol. The number of carboxylic acids is 1. The molecule has 5 aromatic rings. The number of methoxy groups -OCH3 is 2. The number of allylic oxidation sites excluding steroid dienone is 1. The molecule has 4 saturated carbocycles. The number of alkyl halides is 8. The van der Waals surface area contributed by atoms with Crippen molar-refractivity contribution in [1.29, 1.82) is 0 Å². The first-order valence-corrected chi connectivity index (χ1v) is 30.3. The number of nitrogens with two attached hydrogens (primary N) is 2. The molecule has 8 atom stereocenters. The van der Waals surface area contributed by atoms with Gasteiger partial charge in [0.25, 0.3) is 0 Å². The van der Waals surface area contributed by atoms with Crippen LogP contribution in [0.4, 0.5) is 0 Å². The van der Waals surface area contributed by atoms with Crippen molar-refractivity contribution in [2.45, 2.75) is 70.9 Å². The van der Waals surface area contributed by atoms with Gasteiger partial charge in [-0.3, -0.25) is 19.2 Å². The van der Waals surface area contributed by atoms with Crippen molar-refractivity contribution in [3.05, 3.63) is 203 Å². The van der Waals surface area contributed by atoms with Gasteiger partial charge in [-0.2, -0.15) is 0 Å². The fourth-order valence-electron chi connectivity index (χ4n) is 8.84. The number of hydrogen-bond donors (Lipinski definition) is 3. The fourth-order valence-corrected chi connectivity index (χ4v) is 13.2. The van der Waals surface area contributed by atoms with Crippen molar-refractivity contribution in [3.8, 4) is 0 Å². The van der Waals surface area contributed by atoms with Gasteiger partial charge < -0.3 is 53.8 Å². The van der Waals surface area contributed by atoms with Crippen LogP contribution >= 0.6 is 92.8 Å². The maximum Gasteiger partial charge on any atom is 0.312 e. The molecule has 4 radical (unpaired) electrons. The van der Waals surface area contributed by atoms with Crippen molar-refractivity contribution in [3.63, 3.8) is 0 Å². The topological polar surface area (TPSA) is 246 Å². The summed E-state index contributed by atoms with van der Waals surface area (Å²) in [5.41, 5.74) is 4.39. The maximum atomic E-state index is 11.5. The van der Waals surface area contributed by atoms with Crippen LogP contribution in [0, 0.1) is 53.4 Å². The molecule has 8 unspecified atom stereocenters. The quantitative estimate of drug-likeness (QED) is 0.0208. The van der Waals surface area contributed by atoms with Crippen molar-refractivity contribution in [1.82, 2.24) is 0 Å². The summed E-state index contributed by atoms with van der Waals surface area (Å²) in [6.07, 6.45) is 3.69. The van der Waals surface area contributed by atoms with E-state index < -0.39 is 78.9 Å². The maximum absolute atomic E-state index is 11.5. The summed E-state index contributed by atoms with van der Waals surface area (Å²) in [7, 11) is -4.92. The van der Waals surface area contributed by atoms with Crippen LogP contribution in [0.25, 0.3) is 6.08 Å². The van der Waals surface area contributed by atoms with Crippen LogP contribution in [0.5, 0.6) is 0 Å². The summed E-state index contributed by atoms with van der Waals surface area (Å²) in [6.45, 7) is 5.06. The average molecular weight is 1720 g/mol. The molecule has 5 N–H and O–H groups in total. The van der Waals surface area contributed by atoms with E-state index in [1.807, 2.05) is 105 Å². The van der Waals surface area contributed by atoms with Gasteiger partial charge in [-0.05, 0) is 72.0 Å². The first kappa shape index (κ1) is 94.8. The molecule has 0 aliphatic heterocycles. The van der Waals surface area contributed by atoms with Crippen LogP contribution in [0.2, 0.25) is 0 Å². The van der Waals surface area contributed by atoms with E-state index in [-0.39, 0.29) is 200 Å². The summed E-state index contributed by atoms with van der Waals surface area (Å²) in [5.74, 6) is -4.98. The molecule has 0 heterocycles. The predicted octanol–water partition coefficient (Wildman–Crippen LogP) is 13.1. The molecule has 15 nitrogen and oxygen atoms in total. The molecule has 29 heteroatoms. The Hall–Kier alpha value is 0.396. The number of aldehydes is 1. The average Bonchev–Trinajstić information content (AvgIpc) is 4.39. The Kier molecular flexibility index (Phi) is 44.7. The summed E-state index contributed by atoms with van der Waals surface area (Å²) >= 11 is 48.7. The predicted molar refractivity (Wildman–Crippen MR) is 337 cm³/mol. The van der Waals surface area contributed by atoms with Gasteiger partial charge in [0.1, 0.15) is 35.5 Å². The Bertz CT molecular complexity index is 3180. The van der Waals surface area contributed by atoms with E-state index in [4.69, 9.17) is 118 Å². The first-order valence-electron chi connectivity index (χ1n) is 24.1. The molecule has 5 aromatic carbocycles. The minimum absolute atomic E-state index is 0. The smallest absolute Gasteiger partial charge is 0.312 e. The van der Waals surface area contributed by atoms with Gasteiger partial charge in [-0.25, -0.2) is 27.1 Å². The number of carbonyl (C=O) groups excluding carboxylic acids is 3. The number of carbonyl (C=O) groups is 4. The van der Waals surface area contributed by atoms with Gasteiger partial charge in [0, 0.05) is 168 Å². The SMILES string of the molecule is CCOC(OCC)C1C(c2ccccc2)C1(Cl)Cl.COC(=O)C1C(c2ccc(S(N)(=O)=O)cc2)C1(Cl)Cl.COC(=O)C1C(c2ccccc2)C1(Cl)Cl.NS(=O)(=O)c1ccc(C2C(C(=O)O)C2(Cl)Cl)cc1.O=C/C=C/c1ccccc1.[CH3-].[CH3-].[CH3-].[CH3-].[Y].[Y].[Y].[Y]. The Morgan fingerprint density at radius 3 is 1.08 bits per heavy atom. The summed E-state index contributed by atoms with van der Waals surface area (Å²) in [5, 5.41) is 18.9.